The number of fused-ring (bicyclic) bond motifs is 1. The Labute approximate surface area is 186 Å². The zero-order chi connectivity index (χ0) is 22.0. The second-order valence-corrected chi connectivity index (χ2v) is 8.68. The number of aromatic nitrogens is 1. The van der Waals surface area contributed by atoms with Crippen LogP contribution in [0.5, 0.6) is 11.5 Å². The number of morpholine rings is 1. The quantitative estimate of drug-likeness (QED) is 0.583. The molecule has 1 aromatic carbocycles. The van der Waals surface area contributed by atoms with Crippen LogP contribution < -0.4 is 9.47 Å². The van der Waals surface area contributed by atoms with Gasteiger partial charge in [0.05, 0.1) is 26.9 Å². The lowest BCUT2D eigenvalue weighted by atomic mass is 10.0. The minimum Gasteiger partial charge on any atom is -0.493 e. The van der Waals surface area contributed by atoms with Gasteiger partial charge in [0.2, 0.25) is 0 Å². The summed E-state index contributed by atoms with van der Waals surface area (Å²) in [6.07, 6.45) is 1.57. The molecular formula is C23H27N3O4S. The van der Waals surface area contributed by atoms with Crippen molar-refractivity contribution < 1.29 is 19.0 Å². The van der Waals surface area contributed by atoms with Crippen molar-refractivity contribution in [3.05, 3.63) is 52.5 Å². The molecule has 8 heteroatoms. The molecular weight excluding hydrogens is 414 g/mol. The van der Waals surface area contributed by atoms with Crippen LogP contribution >= 0.6 is 11.3 Å². The topological polar surface area (TPSA) is 64.1 Å². The van der Waals surface area contributed by atoms with Crippen LogP contribution in [0.25, 0.3) is 10.2 Å². The number of hydrogen-bond donors (Lipinski definition) is 0. The first-order valence-corrected chi connectivity index (χ1v) is 11.0. The van der Waals surface area contributed by atoms with Gasteiger partial charge in [-0.1, -0.05) is 12.1 Å². The highest BCUT2D eigenvalue weighted by atomic mass is 32.1. The molecule has 1 amide bonds. The number of benzene rings is 1. The first kappa shape index (κ1) is 21.5. The number of rotatable bonds is 6. The Kier molecular flexibility index (Phi) is 6.41. The largest absolute Gasteiger partial charge is 0.493 e. The number of carbonyl (C=O) groups excluding carboxylic acids is 1. The molecule has 7 nitrogen and oxygen atoms in total. The van der Waals surface area contributed by atoms with Gasteiger partial charge in [-0.3, -0.25) is 9.69 Å². The first-order valence-electron chi connectivity index (χ1n) is 10.2. The van der Waals surface area contributed by atoms with Crippen molar-refractivity contribution >= 4 is 27.5 Å². The van der Waals surface area contributed by atoms with Crippen LogP contribution in [0.4, 0.5) is 0 Å². The number of ether oxygens (including phenoxy) is 3. The molecule has 0 bridgehead atoms. The van der Waals surface area contributed by atoms with Crippen LogP contribution in [0, 0.1) is 0 Å². The number of methoxy groups -OCH3 is 2. The van der Waals surface area contributed by atoms with Crippen LogP contribution in [0.2, 0.25) is 0 Å². The van der Waals surface area contributed by atoms with Gasteiger partial charge in [-0.15, -0.1) is 11.3 Å². The standard InChI is InChI=1S/C23H27N3O4S/c1-25(2)23(27)21-20(16-6-5-9-24-22(16)31-21)19-14-26(10-11-30-19)13-15-7-8-17(28-3)18(12-15)29-4/h5-9,12,19H,10-11,13-14H2,1-4H3. The normalized spacial score (nSPS) is 17.0. The summed E-state index contributed by atoms with van der Waals surface area (Å²) in [6.45, 7) is 2.88. The van der Waals surface area contributed by atoms with E-state index in [2.05, 4.69) is 16.0 Å². The molecule has 1 unspecified atom stereocenters. The Balaban J connectivity index is 1.61. The van der Waals surface area contributed by atoms with Gasteiger partial charge in [-0.25, -0.2) is 4.98 Å². The van der Waals surface area contributed by atoms with Gasteiger partial charge in [0, 0.05) is 50.9 Å². The summed E-state index contributed by atoms with van der Waals surface area (Å²) in [4.78, 5) is 22.9. The molecule has 164 valence electrons. The summed E-state index contributed by atoms with van der Waals surface area (Å²) in [5.74, 6) is 1.42. The minimum absolute atomic E-state index is 0.0152. The molecule has 1 saturated heterocycles. The van der Waals surface area contributed by atoms with Gasteiger partial charge in [0.1, 0.15) is 9.71 Å². The zero-order valence-electron chi connectivity index (χ0n) is 18.3. The van der Waals surface area contributed by atoms with Crippen molar-refractivity contribution in [3.8, 4) is 11.5 Å². The van der Waals surface area contributed by atoms with Gasteiger partial charge < -0.3 is 19.1 Å². The molecule has 0 spiro atoms. The van der Waals surface area contributed by atoms with E-state index < -0.39 is 0 Å². The predicted octanol–water partition coefficient (Wildman–Crippen LogP) is 3.59. The molecule has 3 heterocycles. The summed E-state index contributed by atoms with van der Waals surface area (Å²) >= 11 is 1.44. The van der Waals surface area contributed by atoms with Crippen molar-refractivity contribution in [2.75, 3.05) is 48.0 Å². The van der Waals surface area contributed by atoms with Gasteiger partial charge in [-0.2, -0.15) is 0 Å². The van der Waals surface area contributed by atoms with E-state index in [1.165, 1.54) is 11.3 Å². The third kappa shape index (κ3) is 4.37. The number of pyridine rings is 1. The van der Waals surface area contributed by atoms with E-state index in [1.54, 1.807) is 39.4 Å². The van der Waals surface area contributed by atoms with E-state index in [9.17, 15) is 4.79 Å². The van der Waals surface area contributed by atoms with E-state index in [0.717, 1.165) is 45.9 Å². The third-order valence-electron chi connectivity index (χ3n) is 5.43. The number of hydrogen-bond acceptors (Lipinski definition) is 7. The van der Waals surface area contributed by atoms with E-state index in [0.29, 0.717) is 18.0 Å². The van der Waals surface area contributed by atoms with Crippen LogP contribution in [0.15, 0.2) is 36.5 Å². The van der Waals surface area contributed by atoms with E-state index in [4.69, 9.17) is 14.2 Å². The lowest BCUT2D eigenvalue weighted by Gasteiger charge is -2.33. The number of thiophene rings is 1. The highest BCUT2D eigenvalue weighted by Gasteiger charge is 2.30. The highest BCUT2D eigenvalue weighted by Crippen LogP contribution is 2.38. The number of nitrogens with zero attached hydrogens (tertiary/aromatic N) is 3. The van der Waals surface area contributed by atoms with Gasteiger partial charge in [0.15, 0.2) is 11.5 Å². The van der Waals surface area contributed by atoms with Crippen LogP contribution in [0.1, 0.15) is 26.9 Å². The highest BCUT2D eigenvalue weighted by molar-refractivity contribution is 7.20. The second kappa shape index (κ2) is 9.21. The molecule has 1 aliphatic heterocycles. The fraction of sp³-hybridized carbons (Fsp3) is 0.391. The maximum Gasteiger partial charge on any atom is 0.263 e. The van der Waals surface area contributed by atoms with Crippen molar-refractivity contribution in [1.29, 1.82) is 0 Å². The van der Waals surface area contributed by atoms with Crippen LogP contribution in [-0.2, 0) is 11.3 Å². The molecule has 1 fully saturated rings. The molecule has 31 heavy (non-hydrogen) atoms. The summed E-state index contributed by atoms with van der Waals surface area (Å²) in [5.41, 5.74) is 2.09. The van der Waals surface area contributed by atoms with E-state index in [-0.39, 0.29) is 12.0 Å². The predicted molar refractivity (Wildman–Crippen MR) is 121 cm³/mol. The molecule has 0 N–H and O–H groups in total. The Hall–Kier alpha value is -2.68. The molecule has 0 radical (unpaired) electrons. The number of carbonyl (C=O) groups is 1. The van der Waals surface area contributed by atoms with Crippen molar-refractivity contribution in [2.24, 2.45) is 0 Å². The molecule has 0 saturated carbocycles. The van der Waals surface area contributed by atoms with Crippen molar-refractivity contribution in [1.82, 2.24) is 14.8 Å². The van der Waals surface area contributed by atoms with Gasteiger partial charge in [-0.05, 0) is 23.8 Å². The van der Waals surface area contributed by atoms with Gasteiger partial charge >= 0.3 is 0 Å². The molecule has 1 aliphatic rings. The Bertz CT molecular complexity index is 1080. The van der Waals surface area contributed by atoms with Crippen molar-refractivity contribution in [3.63, 3.8) is 0 Å². The molecule has 2 aromatic heterocycles. The van der Waals surface area contributed by atoms with E-state index >= 15 is 0 Å². The first-order chi connectivity index (χ1) is 15.0. The van der Waals surface area contributed by atoms with Crippen LogP contribution in [0.3, 0.4) is 0 Å². The molecule has 1 atom stereocenters. The Morgan fingerprint density at radius 2 is 2.06 bits per heavy atom. The maximum absolute atomic E-state index is 12.9. The summed E-state index contributed by atoms with van der Waals surface area (Å²) in [7, 11) is 6.83. The lowest BCUT2D eigenvalue weighted by Crippen LogP contribution is -2.38. The Morgan fingerprint density at radius 1 is 1.26 bits per heavy atom. The average molecular weight is 442 g/mol. The SMILES string of the molecule is COc1ccc(CN2CCOC(c3c(C(=O)N(C)C)sc4ncccc34)C2)cc1OC. The fourth-order valence-corrected chi connectivity index (χ4v) is 5.11. The zero-order valence-corrected chi connectivity index (χ0v) is 19.1. The smallest absolute Gasteiger partial charge is 0.263 e. The number of amides is 1. The molecule has 0 aliphatic carbocycles. The Morgan fingerprint density at radius 3 is 2.81 bits per heavy atom. The lowest BCUT2D eigenvalue weighted by molar-refractivity contribution is -0.0324. The minimum atomic E-state index is -0.189. The molecule has 4 rings (SSSR count). The molecule has 3 aromatic rings. The van der Waals surface area contributed by atoms with Crippen LogP contribution in [-0.4, -0.2) is 68.7 Å². The second-order valence-electron chi connectivity index (χ2n) is 7.68. The van der Waals surface area contributed by atoms with Gasteiger partial charge in [0.25, 0.3) is 5.91 Å². The third-order valence-corrected chi connectivity index (χ3v) is 6.55. The van der Waals surface area contributed by atoms with Crippen molar-refractivity contribution in [2.45, 2.75) is 12.6 Å². The summed E-state index contributed by atoms with van der Waals surface area (Å²) < 4.78 is 17.0. The monoisotopic (exact) mass is 441 g/mol. The summed E-state index contributed by atoms with van der Waals surface area (Å²) in [6, 6.07) is 9.92. The average Bonchev–Trinajstić information content (AvgIpc) is 3.18. The van der Waals surface area contributed by atoms with E-state index in [1.807, 2.05) is 24.3 Å². The summed E-state index contributed by atoms with van der Waals surface area (Å²) in [5, 5.41) is 0.996. The fourth-order valence-electron chi connectivity index (χ4n) is 3.89. The maximum atomic E-state index is 12.9.